The smallest absolute Gasteiger partial charge is 0.318 e. The lowest BCUT2D eigenvalue weighted by atomic mass is 10.1. The number of carbonyl (C=O) groups excluding carboxylic acids is 1. The third-order valence-corrected chi connectivity index (χ3v) is 4.86. The second-order valence-electron chi connectivity index (χ2n) is 7.17. The number of rotatable bonds is 11. The average molecular weight is 491 g/mol. The van der Waals surface area contributed by atoms with E-state index in [1.165, 1.54) is 20.3 Å². The van der Waals surface area contributed by atoms with E-state index in [0.29, 0.717) is 29.2 Å². The van der Waals surface area contributed by atoms with Gasteiger partial charge in [0, 0.05) is 37.4 Å². The summed E-state index contributed by atoms with van der Waals surface area (Å²) in [5.41, 5.74) is 2.73. The van der Waals surface area contributed by atoms with Crippen LogP contribution in [0.4, 0.5) is 10.2 Å². The van der Waals surface area contributed by atoms with Crippen LogP contribution in [0.2, 0.25) is 0 Å². The zero-order valence-corrected chi connectivity index (χ0v) is 20.1. The third kappa shape index (κ3) is 7.57. The number of methoxy groups -OCH3 is 3. The summed E-state index contributed by atoms with van der Waals surface area (Å²) in [5.74, 6) is 0.656. The summed E-state index contributed by atoms with van der Waals surface area (Å²) in [5, 5.41) is 5.90. The molecule has 10 heteroatoms. The van der Waals surface area contributed by atoms with Crippen molar-refractivity contribution in [2.45, 2.75) is 13.0 Å². The maximum atomic E-state index is 14.3. The van der Waals surface area contributed by atoms with E-state index in [9.17, 15) is 9.18 Å². The molecule has 34 heavy (non-hydrogen) atoms. The van der Waals surface area contributed by atoms with E-state index < -0.39 is 5.82 Å². The van der Waals surface area contributed by atoms with Crippen molar-refractivity contribution in [3.8, 4) is 23.0 Å². The molecule has 0 aliphatic carbocycles. The number of benzene rings is 2. The molecule has 0 radical (unpaired) electrons. The van der Waals surface area contributed by atoms with Crippen molar-refractivity contribution in [2.75, 3.05) is 39.8 Å². The average Bonchev–Trinajstić information content (AvgIpc) is 2.84. The fourth-order valence-corrected chi connectivity index (χ4v) is 3.13. The van der Waals surface area contributed by atoms with Crippen molar-refractivity contribution >= 4 is 24.1 Å². The molecule has 1 amide bonds. The third-order valence-electron chi connectivity index (χ3n) is 4.86. The van der Waals surface area contributed by atoms with Crippen molar-refractivity contribution < 1.29 is 23.4 Å². The number of amides is 1. The topological polar surface area (TPSA) is 94.6 Å². The summed E-state index contributed by atoms with van der Waals surface area (Å²) < 4.78 is 29.5. The lowest BCUT2D eigenvalue weighted by Gasteiger charge is -2.11. The number of hydrogen-bond donors (Lipinski definition) is 2. The number of halogens is 2. The van der Waals surface area contributed by atoms with Crippen LogP contribution in [0.15, 0.2) is 48.5 Å². The Hall–Kier alpha value is -3.43. The van der Waals surface area contributed by atoms with Crippen LogP contribution in [0, 0.1) is 5.82 Å². The Kier molecular flexibility index (Phi) is 10.5. The lowest BCUT2D eigenvalue weighted by Crippen LogP contribution is -2.26. The van der Waals surface area contributed by atoms with Gasteiger partial charge >= 0.3 is 6.01 Å². The molecule has 0 bridgehead atoms. The first-order valence-electron chi connectivity index (χ1n) is 10.4. The molecule has 0 saturated heterocycles. The number of carbonyl (C=O) groups is 1. The van der Waals surface area contributed by atoms with Gasteiger partial charge in [0.1, 0.15) is 24.0 Å². The fraction of sp³-hybridized carbons (Fsp3) is 0.292. The molecule has 0 atom stereocenters. The van der Waals surface area contributed by atoms with Crippen LogP contribution in [-0.4, -0.2) is 50.4 Å². The minimum absolute atomic E-state index is 0. The number of anilines is 1. The van der Waals surface area contributed by atoms with Gasteiger partial charge in [-0.25, -0.2) is 4.39 Å². The molecule has 8 nitrogen and oxygen atoms in total. The highest BCUT2D eigenvalue weighted by atomic mass is 35.5. The van der Waals surface area contributed by atoms with Gasteiger partial charge in [-0.2, -0.15) is 9.97 Å². The van der Waals surface area contributed by atoms with Crippen LogP contribution in [0.25, 0.3) is 11.3 Å². The highest BCUT2D eigenvalue weighted by Crippen LogP contribution is 2.24. The monoisotopic (exact) mass is 490 g/mol. The SMILES string of the molecule is COCC(=O)NCc1cc(-c2cc(NCCc3ccc(OC)cc3)nc(OC)n2)ccc1F.Cl. The number of nitrogens with one attached hydrogen (secondary N) is 2. The Labute approximate surface area is 204 Å². The van der Waals surface area contributed by atoms with Gasteiger partial charge < -0.3 is 24.8 Å². The van der Waals surface area contributed by atoms with E-state index in [0.717, 1.165) is 17.7 Å². The normalized spacial score (nSPS) is 10.2. The molecular weight excluding hydrogens is 463 g/mol. The molecule has 2 aromatic carbocycles. The first-order chi connectivity index (χ1) is 16.0. The van der Waals surface area contributed by atoms with Gasteiger partial charge in [-0.15, -0.1) is 12.4 Å². The largest absolute Gasteiger partial charge is 0.497 e. The van der Waals surface area contributed by atoms with Crippen LogP contribution in [0.1, 0.15) is 11.1 Å². The van der Waals surface area contributed by atoms with E-state index in [1.807, 2.05) is 24.3 Å². The van der Waals surface area contributed by atoms with Crippen LogP contribution in [-0.2, 0) is 22.5 Å². The quantitative estimate of drug-likeness (QED) is 0.423. The first-order valence-corrected chi connectivity index (χ1v) is 10.4. The summed E-state index contributed by atoms with van der Waals surface area (Å²) in [7, 11) is 4.55. The van der Waals surface area contributed by atoms with Gasteiger partial charge in [0.2, 0.25) is 5.91 Å². The van der Waals surface area contributed by atoms with E-state index >= 15 is 0 Å². The predicted molar refractivity (Wildman–Crippen MR) is 130 cm³/mol. The lowest BCUT2D eigenvalue weighted by molar-refractivity contribution is -0.124. The van der Waals surface area contributed by atoms with Gasteiger partial charge in [-0.1, -0.05) is 12.1 Å². The van der Waals surface area contributed by atoms with Crippen molar-refractivity contribution in [3.63, 3.8) is 0 Å². The molecule has 1 aromatic heterocycles. The molecule has 0 saturated carbocycles. The predicted octanol–water partition coefficient (Wildman–Crippen LogP) is 3.64. The molecule has 0 aliphatic heterocycles. The van der Waals surface area contributed by atoms with Gasteiger partial charge in [-0.3, -0.25) is 4.79 Å². The minimum atomic E-state index is -0.421. The van der Waals surface area contributed by atoms with Gasteiger partial charge in [0.15, 0.2) is 0 Å². The zero-order chi connectivity index (χ0) is 23.6. The molecular formula is C24H28ClFN4O4. The fourth-order valence-electron chi connectivity index (χ4n) is 3.13. The van der Waals surface area contributed by atoms with Crippen molar-refractivity contribution in [1.82, 2.24) is 15.3 Å². The number of ether oxygens (including phenoxy) is 3. The molecule has 0 unspecified atom stereocenters. The summed E-state index contributed by atoms with van der Waals surface area (Å²) in [6.45, 7) is 0.596. The Morgan fingerprint density at radius 3 is 2.44 bits per heavy atom. The van der Waals surface area contributed by atoms with Crippen molar-refractivity contribution in [3.05, 3.63) is 65.5 Å². The maximum absolute atomic E-state index is 14.3. The van der Waals surface area contributed by atoms with Gasteiger partial charge in [0.25, 0.3) is 0 Å². The van der Waals surface area contributed by atoms with E-state index in [-0.39, 0.29) is 37.5 Å². The second kappa shape index (κ2) is 13.3. The molecule has 0 fully saturated rings. The minimum Gasteiger partial charge on any atom is -0.497 e. The van der Waals surface area contributed by atoms with Crippen LogP contribution in [0.3, 0.4) is 0 Å². The summed E-state index contributed by atoms with van der Waals surface area (Å²) >= 11 is 0. The molecule has 2 N–H and O–H groups in total. The van der Waals surface area contributed by atoms with E-state index in [1.54, 1.807) is 25.3 Å². The number of nitrogens with zero attached hydrogens (tertiary/aromatic N) is 2. The Morgan fingerprint density at radius 2 is 1.76 bits per heavy atom. The van der Waals surface area contributed by atoms with Crippen molar-refractivity contribution in [2.24, 2.45) is 0 Å². The summed E-state index contributed by atoms with van der Waals surface area (Å²) in [4.78, 5) is 20.4. The Morgan fingerprint density at radius 1 is 1.00 bits per heavy atom. The number of hydrogen-bond acceptors (Lipinski definition) is 7. The highest BCUT2D eigenvalue weighted by molar-refractivity contribution is 5.85. The van der Waals surface area contributed by atoms with Gasteiger partial charge in [-0.05, 0) is 42.3 Å². The molecule has 182 valence electrons. The van der Waals surface area contributed by atoms with Crippen molar-refractivity contribution in [1.29, 1.82) is 0 Å². The molecule has 0 spiro atoms. The van der Waals surface area contributed by atoms with Crippen LogP contribution >= 0.6 is 12.4 Å². The Balaban J connectivity index is 0.00000408. The molecule has 3 rings (SSSR count). The highest BCUT2D eigenvalue weighted by Gasteiger charge is 2.11. The number of aromatic nitrogens is 2. The molecule has 1 heterocycles. The Bertz CT molecular complexity index is 1080. The maximum Gasteiger partial charge on any atom is 0.318 e. The second-order valence-corrected chi connectivity index (χ2v) is 7.17. The van der Waals surface area contributed by atoms with Gasteiger partial charge in [0.05, 0.1) is 19.9 Å². The zero-order valence-electron chi connectivity index (χ0n) is 19.3. The standard InChI is InChI=1S/C24H27FN4O4.ClH/c1-31-15-23(30)27-14-18-12-17(6-9-20(18)25)21-13-22(29-24(28-21)33-3)26-11-10-16-4-7-19(32-2)8-5-16;/h4-9,12-13H,10-11,14-15H2,1-3H3,(H,27,30)(H,26,28,29);1H. The summed E-state index contributed by atoms with van der Waals surface area (Å²) in [6.07, 6.45) is 0.785. The molecule has 0 aliphatic rings. The first kappa shape index (κ1) is 26.8. The van der Waals surface area contributed by atoms with Crippen LogP contribution < -0.4 is 20.1 Å². The van der Waals surface area contributed by atoms with Crippen LogP contribution in [0.5, 0.6) is 11.8 Å². The molecule has 3 aromatic rings. The van der Waals surface area contributed by atoms with E-state index in [4.69, 9.17) is 14.2 Å². The van der Waals surface area contributed by atoms with E-state index in [2.05, 4.69) is 20.6 Å². The summed E-state index contributed by atoms with van der Waals surface area (Å²) in [6, 6.07) is 14.4.